The Morgan fingerprint density at radius 1 is 1.44 bits per heavy atom. The second kappa shape index (κ2) is 8.57. The van der Waals surface area contributed by atoms with Crippen LogP contribution in [-0.4, -0.2) is 41.4 Å². The number of amides is 2. The molecule has 132 valence electrons. The van der Waals surface area contributed by atoms with Crippen molar-refractivity contribution in [1.82, 2.24) is 10.9 Å². The van der Waals surface area contributed by atoms with Gasteiger partial charge in [0.2, 0.25) is 11.8 Å². The average molecular weight is 346 g/mol. The van der Waals surface area contributed by atoms with Crippen LogP contribution in [0.3, 0.4) is 0 Å². The molecule has 0 fully saturated rings. The van der Waals surface area contributed by atoms with E-state index in [0.29, 0.717) is 23.4 Å². The van der Waals surface area contributed by atoms with E-state index < -0.39 is 12.6 Å². The number of carbonyl (C=O) groups is 3. The molecule has 2 rings (SSSR count). The van der Waals surface area contributed by atoms with Crippen LogP contribution in [0.2, 0.25) is 0 Å². The zero-order chi connectivity index (χ0) is 18.2. The molecule has 0 radical (unpaired) electrons. The molecule has 0 saturated heterocycles. The van der Waals surface area contributed by atoms with Gasteiger partial charge in [-0.2, -0.15) is 10.2 Å². The zero-order valence-corrected chi connectivity index (χ0v) is 13.6. The largest absolute Gasteiger partial charge is 0.481 e. The van der Waals surface area contributed by atoms with Gasteiger partial charge < -0.3 is 9.84 Å². The molecule has 1 aromatic carbocycles. The number of carboxylic acids is 1. The number of hydrazone groups is 2. The topological polar surface area (TPSA) is 129 Å². The summed E-state index contributed by atoms with van der Waals surface area (Å²) in [7, 11) is 0. The van der Waals surface area contributed by atoms with E-state index in [4.69, 9.17) is 9.84 Å². The zero-order valence-electron chi connectivity index (χ0n) is 13.6. The van der Waals surface area contributed by atoms with Crippen molar-refractivity contribution >= 4 is 29.7 Å². The lowest BCUT2D eigenvalue weighted by molar-refractivity contribution is -0.139. The quantitative estimate of drug-likeness (QED) is 0.466. The van der Waals surface area contributed by atoms with Gasteiger partial charge in [-0.25, -0.2) is 15.6 Å². The molecule has 1 aliphatic heterocycles. The monoisotopic (exact) mass is 346 g/mol. The minimum atomic E-state index is -1.09. The summed E-state index contributed by atoms with van der Waals surface area (Å²) in [6.07, 6.45) is 1.84. The number of benzene rings is 1. The van der Waals surface area contributed by atoms with Crippen LogP contribution in [0.5, 0.6) is 5.75 Å². The molecule has 25 heavy (non-hydrogen) atoms. The minimum Gasteiger partial charge on any atom is -0.481 e. The van der Waals surface area contributed by atoms with E-state index in [0.717, 1.165) is 0 Å². The lowest BCUT2D eigenvalue weighted by Gasteiger charge is -2.07. The van der Waals surface area contributed by atoms with E-state index in [2.05, 4.69) is 21.1 Å². The van der Waals surface area contributed by atoms with Gasteiger partial charge in [-0.1, -0.05) is 12.1 Å². The Hall–Kier alpha value is -3.23. The fourth-order valence-corrected chi connectivity index (χ4v) is 2.19. The van der Waals surface area contributed by atoms with E-state index in [1.165, 1.54) is 6.21 Å². The Balaban J connectivity index is 1.84. The number of aliphatic carboxylic acids is 1. The Bertz CT molecular complexity index is 729. The molecule has 0 aromatic heterocycles. The highest BCUT2D eigenvalue weighted by atomic mass is 16.5. The molecule has 9 nitrogen and oxygen atoms in total. The first-order valence-electron chi connectivity index (χ1n) is 7.57. The van der Waals surface area contributed by atoms with Crippen molar-refractivity contribution in [3.8, 4) is 5.75 Å². The fraction of sp³-hybridized carbons (Fsp3) is 0.312. The van der Waals surface area contributed by atoms with E-state index >= 15 is 0 Å². The lowest BCUT2D eigenvalue weighted by Crippen LogP contribution is -2.25. The second-order valence-electron chi connectivity index (χ2n) is 5.33. The summed E-state index contributed by atoms with van der Waals surface area (Å²) < 4.78 is 5.13. The van der Waals surface area contributed by atoms with Gasteiger partial charge in [0.1, 0.15) is 5.75 Å². The Morgan fingerprint density at radius 3 is 2.88 bits per heavy atom. The molecular formula is C16H18N4O5. The van der Waals surface area contributed by atoms with Gasteiger partial charge in [0.05, 0.1) is 12.1 Å². The van der Waals surface area contributed by atoms with Crippen LogP contribution in [0, 0.1) is 5.92 Å². The minimum absolute atomic E-state index is 0.124. The Kier molecular flexibility index (Phi) is 6.21. The molecule has 0 aliphatic carbocycles. The summed E-state index contributed by atoms with van der Waals surface area (Å²) in [5, 5.41) is 16.3. The maximum Gasteiger partial charge on any atom is 0.341 e. The van der Waals surface area contributed by atoms with Gasteiger partial charge in [0.15, 0.2) is 6.61 Å². The molecule has 0 saturated carbocycles. The van der Waals surface area contributed by atoms with Crippen molar-refractivity contribution in [1.29, 1.82) is 0 Å². The lowest BCUT2D eigenvalue weighted by atomic mass is 9.99. The van der Waals surface area contributed by atoms with Crippen LogP contribution >= 0.6 is 0 Å². The van der Waals surface area contributed by atoms with Crippen molar-refractivity contribution in [3.05, 3.63) is 29.8 Å². The molecule has 0 unspecified atom stereocenters. The molecule has 3 N–H and O–H groups in total. The first-order valence-corrected chi connectivity index (χ1v) is 7.57. The summed E-state index contributed by atoms with van der Waals surface area (Å²) in [6, 6.07) is 6.71. The normalized spacial score (nSPS) is 16.4. The summed E-state index contributed by atoms with van der Waals surface area (Å²) in [4.78, 5) is 33.9. The molecular weight excluding hydrogens is 328 g/mol. The van der Waals surface area contributed by atoms with Crippen molar-refractivity contribution in [2.45, 2.75) is 19.8 Å². The summed E-state index contributed by atoms with van der Waals surface area (Å²) >= 11 is 0. The molecule has 0 spiro atoms. The van der Waals surface area contributed by atoms with E-state index in [-0.39, 0.29) is 24.2 Å². The highest BCUT2D eigenvalue weighted by Gasteiger charge is 2.26. The molecule has 2 amide bonds. The number of hydrogen-bond acceptors (Lipinski definition) is 6. The van der Waals surface area contributed by atoms with Gasteiger partial charge in [-0.05, 0) is 25.5 Å². The fourth-order valence-electron chi connectivity index (χ4n) is 2.19. The highest BCUT2D eigenvalue weighted by molar-refractivity contribution is 6.07. The Labute approximate surface area is 143 Å². The van der Waals surface area contributed by atoms with Gasteiger partial charge in [-0.15, -0.1) is 0 Å². The number of carboxylic acid groups (broad SMARTS) is 1. The van der Waals surface area contributed by atoms with Crippen molar-refractivity contribution < 1.29 is 24.2 Å². The molecule has 0 bridgehead atoms. The van der Waals surface area contributed by atoms with Gasteiger partial charge in [0.25, 0.3) is 0 Å². The molecule has 1 heterocycles. The van der Waals surface area contributed by atoms with Gasteiger partial charge >= 0.3 is 5.97 Å². The predicted molar refractivity (Wildman–Crippen MR) is 89.3 cm³/mol. The molecule has 1 aromatic rings. The van der Waals surface area contributed by atoms with Crippen molar-refractivity contribution in [2.75, 3.05) is 6.61 Å². The maximum atomic E-state index is 11.8. The van der Waals surface area contributed by atoms with Crippen LogP contribution in [0.4, 0.5) is 0 Å². The number of rotatable bonds is 8. The van der Waals surface area contributed by atoms with Gasteiger partial charge in [0, 0.05) is 17.7 Å². The van der Waals surface area contributed by atoms with Crippen LogP contribution < -0.4 is 15.6 Å². The first kappa shape index (κ1) is 18.1. The van der Waals surface area contributed by atoms with Crippen molar-refractivity contribution in [2.24, 2.45) is 16.1 Å². The Morgan fingerprint density at radius 2 is 2.20 bits per heavy atom. The van der Waals surface area contributed by atoms with Gasteiger partial charge in [-0.3, -0.25) is 9.59 Å². The van der Waals surface area contributed by atoms with E-state index in [9.17, 15) is 14.4 Å². The standard InChI is InChI=1S/C16H18N4O5/c1-10-12(16(24)20-18-10)6-7-14(21)19-17-8-11-4-2-3-5-13(11)25-9-15(22)23/h2-5,8,12H,6-7,9H2,1H3,(H,19,21)(H,20,24)(H,22,23)/b17-8-/t12-/m1/s1. The summed E-state index contributed by atoms with van der Waals surface area (Å²) in [5.41, 5.74) is 5.92. The predicted octanol–water partition coefficient (Wildman–Crippen LogP) is 0.502. The second-order valence-corrected chi connectivity index (χ2v) is 5.33. The molecule has 1 aliphatic rings. The van der Waals surface area contributed by atoms with Crippen LogP contribution in [0.25, 0.3) is 0 Å². The third-order valence-electron chi connectivity index (χ3n) is 3.49. The highest BCUT2D eigenvalue weighted by Crippen LogP contribution is 2.16. The summed E-state index contributed by atoms with van der Waals surface area (Å²) in [6.45, 7) is 1.26. The molecule has 9 heteroatoms. The maximum absolute atomic E-state index is 11.8. The number of nitrogens with one attached hydrogen (secondary N) is 2. The van der Waals surface area contributed by atoms with Crippen LogP contribution in [0.15, 0.2) is 34.5 Å². The van der Waals surface area contributed by atoms with Crippen LogP contribution in [0.1, 0.15) is 25.3 Å². The number of hydrogen-bond donors (Lipinski definition) is 3. The summed E-state index contributed by atoms with van der Waals surface area (Å²) in [5.74, 6) is -1.68. The third-order valence-corrected chi connectivity index (χ3v) is 3.49. The SMILES string of the molecule is CC1=NNC(=O)[C@@H]1CCC(=O)N/N=C\c1ccccc1OCC(=O)O. The van der Waals surface area contributed by atoms with Crippen LogP contribution in [-0.2, 0) is 14.4 Å². The molecule has 1 atom stereocenters. The number of nitrogens with zero attached hydrogens (tertiary/aromatic N) is 2. The first-order chi connectivity index (χ1) is 12.0. The average Bonchev–Trinajstić information content (AvgIpc) is 2.90. The van der Waals surface area contributed by atoms with E-state index in [1.807, 2.05) is 0 Å². The number of para-hydroxylation sites is 1. The number of carbonyl (C=O) groups excluding carboxylic acids is 2. The van der Waals surface area contributed by atoms with E-state index in [1.54, 1.807) is 31.2 Å². The van der Waals surface area contributed by atoms with Crippen molar-refractivity contribution in [3.63, 3.8) is 0 Å². The number of ether oxygens (including phenoxy) is 1. The third kappa shape index (κ3) is 5.41. The smallest absolute Gasteiger partial charge is 0.341 e.